The van der Waals surface area contributed by atoms with Crippen molar-refractivity contribution in [2.45, 2.75) is 45.8 Å². The van der Waals surface area contributed by atoms with Gasteiger partial charge in [0.2, 0.25) is 0 Å². The predicted octanol–water partition coefficient (Wildman–Crippen LogP) is 4.05. The van der Waals surface area contributed by atoms with E-state index in [1.54, 1.807) is 0 Å². The number of rotatable bonds is 5. The van der Waals surface area contributed by atoms with Crippen molar-refractivity contribution in [1.29, 1.82) is 0 Å². The number of likely N-dealkylation sites (N-methyl/N-ethyl adjacent to an activating group) is 1. The average Bonchev–Trinajstić information content (AvgIpc) is 2.94. The van der Waals surface area contributed by atoms with E-state index >= 15 is 0 Å². The Labute approximate surface area is 155 Å². The maximum Gasteiger partial charge on any atom is 0.120 e. The highest BCUT2D eigenvalue weighted by Gasteiger charge is 2.26. The molecule has 1 unspecified atom stereocenters. The molecule has 3 heterocycles. The van der Waals surface area contributed by atoms with E-state index in [-0.39, 0.29) is 0 Å². The van der Waals surface area contributed by atoms with Crippen LogP contribution in [0.4, 0.5) is 0 Å². The maximum atomic E-state index is 5.76. The Morgan fingerprint density at radius 1 is 1.19 bits per heavy atom. The van der Waals surface area contributed by atoms with Crippen LogP contribution in [-0.4, -0.2) is 34.1 Å². The molecular formula is C22H27N3O. The van der Waals surface area contributed by atoms with Crippen LogP contribution in [0.2, 0.25) is 0 Å². The van der Waals surface area contributed by atoms with Crippen LogP contribution >= 0.6 is 0 Å². The van der Waals surface area contributed by atoms with Crippen molar-refractivity contribution >= 4 is 10.9 Å². The Morgan fingerprint density at radius 2 is 2.00 bits per heavy atom. The lowest BCUT2D eigenvalue weighted by atomic mass is 10.00. The molecule has 0 bridgehead atoms. The molecule has 4 nitrogen and oxygen atoms in total. The van der Waals surface area contributed by atoms with E-state index in [1.165, 1.54) is 27.7 Å². The molecule has 0 fully saturated rings. The number of pyridine rings is 1. The third-order valence-corrected chi connectivity index (χ3v) is 5.59. The summed E-state index contributed by atoms with van der Waals surface area (Å²) in [5.74, 6) is 0.968. The Hall–Kier alpha value is -2.33. The van der Waals surface area contributed by atoms with E-state index in [4.69, 9.17) is 4.74 Å². The molecule has 0 N–H and O–H groups in total. The zero-order chi connectivity index (χ0) is 18.1. The van der Waals surface area contributed by atoms with Gasteiger partial charge in [-0.25, -0.2) is 0 Å². The van der Waals surface area contributed by atoms with Gasteiger partial charge in [0.15, 0.2) is 0 Å². The SMILES string of the molecule is CCOc1ccc2c(c1)c1c(n2CCc2ccncc2)CC(C)N(C)C1. The van der Waals surface area contributed by atoms with Crippen LogP contribution in [0.3, 0.4) is 0 Å². The second-order valence-electron chi connectivity index (χ2n) is 7.26. The van der Waals surface area contributed by atoms with Gasteiger partial charge in [-0.3, -0.25) is 9.88 Å². The molecule has 3 aromatic rings. The minimum absolute atomic E-state index is 0.567. The summed E-state index contributed by atoms with van der Waals surface area (Å²) in [4.78, 5) is 6.58. The molecular weight excluding hydrogens is 322 g/mol. The molecule has 1 aliphatic rings. The molecule has 4 rings (SSSR count). The first-order valence-corrected chi connectivity index (χ1v) is 9.53. The van der Waals surface area contributed by atoms with Gasteiger partial charge in [-0.1, -0.05) is 0 Å². The molecule has 1 aliphatic heterocycles. The molecule has 136 valence electrons. The van der Waals surface area contributed by atoms with Crippen molar-refractivity contribution in [2.24, 2.45) is 0 Å². The van der Waals surface area contributed by atoms with Gasteiger partial charge in [0.05, 0.1) is 6.61 Å². The van der Waals surface area contributed by atoms with E-state index in [2.05, 4.69) is 58.8 Å². The predicted molar refractivity (Wildman–Crippen MR) is 106 cm³/mol. The molecule has 2 aromatic heterocycles. The minimum atomic E-state index is 0.567. The van der Waals surface area contributed by atoms with Gasteiger partial charge >= 0.3 is 0 Å². The van der Waals surface area contributed by atoms with Crippen molar-refractivity contribution in [3.63, 3.8) is 0 Å². The largest absolute Gasteiger partial charge is 0.494 e. The Bertz CT molecular complexity index is 901. The summed E-state index contributed by atoms with van der Waals surface area (Å²) in [6.07, 6.45) is 5.88. The van der Waals surface area contributed by atoms with Crippen LogP contribution in [0.5, 0.6) is 5.75 Å². The number of nitrogens with zero attached hydrogens (tertiary/aromatic N) is 3. The fourth-order valence-electron chi connectivity index (χ4n) is 4.01. The van der Waals surface area contributed by atoms with Gasteiger partial charge in [0.25, 0.3) is 0 Å². The van der Waals surface area contributed by atoms with Crippen LogP contribution in [0.15, 0.2) is 42.7 Å². The summed E-state index contributed by atoms with van der Waals surface area (Å²) in [6.45, 7) is 7.06. The normalized spacial score (nSPS) is 17.4. The lowest BCUT2D eigenvalue weighted by molar-refractivity contribution is 0.228. The maximum absolute atomic E-state index is 5.76. The van der Waals surface area contributed by atoms with E-state index in [1.807, 2.05) is 19.3 Å². The standard InChI is InChI=1S/C22H27N3O/c1-4-26-18-5-6-21-19(14-18)20-15-24(3)16(2)13-22(20)25(21)12-9-17-7-10-23-11-8-17/h5-8,10-11,14,16H,4,9,12-13,15H2,1-3H3. The number of ether oxygens (including phenoxy) is 1. The Kier molecular flexibility index (Phi) is 4.68. The van der Waals surface area contributed by atoms with Crippen LogP contribution in [0.25, 0.3) is 10.9 Å². The summed E-state index contributed by atoms with van der Waals surface area (Å²) in [7, 11) is 2.22. The van der Waals surface area contributed by atoms with Crippen molar-refractivity contribution in [3.05, 3.63) is 59.5 Å². The van der Waals surface area contributed by atoms with Gasteiger partial charge in [0, 0.05) is 54.5 Å². The van der Waals surface area contributed by atoms with Gasteiger partial charge in [-0.2, -0.15) is 0 Å². The van der Waals surface area contributed by atoms with Crippen LogP contribution in [0.1, 0.15) is 30.7 Å². The molecule has 0 saturated heterocycles. The second-order valence-corrected chi connectivity index (χ2v) is 7.26. The van der Waals surface area contributed by atoms with Gasteiger partial charge < -0.3 is 9.30 Å². The molecule has 0 aliphatic carbocycles. The first-order valence-electron chi connectivity index (χ1n) is 9.53. The van der Waals surface area contributed by atoms with Gasteiger partial charge in [-0.15, -0.1) is 0 Å². The molecule has 1 atom stereocenters. The van der Waals surface area contributed by atoms with Crippen molar-refractivity contribution in [3.8, 4) is 5.75 Å². The number of aryl methyl sites for hydroxylation is 2. The van der Waals surface area contributed by atoms with Crippen LogP contribution < -0.4 is 4.74 Å². The van der Waals surface area contributed by atoms with Crippen molar-refractivity contribution in [2.75, 3.05) is 13.7 Å². The lowest BCUT2D eigenvalue weighted by Gasteiger charge is -2.31. The Morgan fingerprint density at radius 3 is 2.77 bits per heavy atom. The summed E-state index contributed by atoms with van der Waals surface area (Å²) < 4.78 is 8.29. The fraction of sp³-hybridized carbons (Fsp3) is 0.409. The highest BCUT2D eigenvalue weighted by Crippen LogP contribution is 2.34. The third kappa shape index (κ3) is 3.10. The van der Waals surface area contributed by atoms with E-state index < -0.39 is 0 Å². The van der Waals surface area contributed by atoms with Crippen molar-refractivity contribution in [1.82, 2.24) is 14.5 Å². The number of fused-ring (bicyclic) bond motifs is 3. The molecule has 0 amide bonds. The quantitative estimate of drug-likeness (QED) is 0.696. The monoisotopic (exact) mass is 349 g/mol. The zero-order valence-corrected chi connectivity index (χ0v) is 15.9. The topological polar surface area (TPSA) is 30.3 Å². The first kappa shape index (κ1) is 17.1. The highest BCUT2D eigenvalue weighted by molar-refractivity contribution is 5.87. The van der Waals surface area contributed by atoms with E-state index in [9.17, 15) is 0 Å². The smallest absolute Gasteiger partial charge is 0.120 e. The molecule has 0 spiro atoms. The molecule has 4 heteroatoms. The number of hydrogen-bond donors (Lipinski definition) is 0. The average molecular weight is 349 g/mol. The highest BCUT2D eigenvalue weighted by atomic mass is 16.5. The molecule has 26 heavy (non-hydrogen) atoms. The molecule has 1 aromatic carbocycles. The second kappa shape index (κ2) is 7.12. The fourth-order valence-corrected chi connectivity index (χ4v) is 4.01. The van der Waals surface area contributed by atoms with Crippen LogP contribution in [-0.2, 0) is 25.9 Å². The summed E-state index contributed by atoms with van der Waals surface area (Å²) in [5, 5.41) is 1.35. The number of hydrogen-bond acceptors (Lipinski definition) is 3. The van der Waals surface area contributed by atoms with E-state index in [0.29, 0.717) is 12.6 Å². The van der Waals surface area contributed by atoms with Gasteiger partial charge in [-0.05, 0) is 68.8 Å². The molecule has 0 saturated carbocycles. The summed E-state index contributed by atoms with van der Waals surface area (Å²) in [6, 6.07) is 11.4. The lowest BCUT2D eigenvalue weighted by Crippen LogP contribution is -2.35. The van der Waals surface area contributed by atoms with E-state index in [0.717, 1.165) is 31.7 Å². The minimum Gasteiger partial charge on any atom is -0.494 e. The number of benzene rings is 1. The Balaban J connectivity index is 1.76. The van der Waals surface area contributed by atoms with Gasteiger partial charge in [0.1, 0.15) is 5.75 Å². The van der Waals surface area contributed by atoms with Crippen molar-refractivity contribution < 1.29 is 4.74 Å². The molecule has 0 radical (unpaired) electrons. The number of aromatic nitrogens is 2. The summed E-state index contributed by atoms with van der Waals surface area (Å²) in [5.41, 5.74) is 5.63. The first-order chi connectivity index (χ1) is 12.7. The van der Waals surface area contributed by atoms with Crippen LogP contribution in [0, 0.1) is 0 Å². The summed E-state index contributed by atoms with van der Waals surface area (Å²) >= 11 is 0. The zero-order valence-electron chi connectivity index (χ0n) is 15.9. The third-order valence-electron chi connectivity index (χ3n) is 5.59.